The fourth-order valence-electron chi connectivity index (χ4n) is 3.00. The first-order valence-corrected chi connectivity index (χ1v) is 5.83. The summed E-state index contributed by atoms with van der Waals surface area (Å²) in [6.07, 6.45) is 4.57. The lowest BCUT2D eigenvalue weighted by atomic mass is 10.1. The minimum Gasteiger partial charge on any atom is -0.374 e. The van der Waals surface area contributed by atoms with Gasteiger partial charge < -0.3 is 10.5 Å². The molecule has 14 heavy (non-hydrogen) atoms. The Labute approximate surface area is 86.6 Å². The Balaban J connectivity index is 2.00. The molecule has 3 nitrogen and oxygen atoms in total. The van der Waals surface area contributed by atoms with Gasteiger partial charge in [-0.15, -0.1) is 0 Å². The van der Waals surface area contributed by atoms with E-state index in [9.17, 15) is 0 Å². The normalized spacial score (nSPS) is 44.8. The second-order valence-corrected chi connectivity index (χ2v) is 4.72. The highest BCUT2D eigenvalue weighted by Crippen LogP contribution is 2.30. The number of hydrogen-bond donors (Lipinski definition) is 1. The molecule has 0 amide bonds. The molecule has 0 aromatic heterocycles. The van der Waals surface area contributed by atoms with Crippen LogP contribution in [0.1, 0.15) is 33.1 Å². The van der Waals surface area contributed by atoms with Crippen molar-refractivity contribution in [3.63, 3.8) is 0 Å². The summed E-state index contributed by atoms with van der Waals surface area (Å²) in [6, 6.07) is 1.22. The average Bonchev–Trinajstić information content (AvgIpc) is 2.71. The summed E-state index contributed by atoms with van der Waals surface area (Å²) in [6.45, 7) is 6.38. The zero-order valence-corrected chi connectivity index (χ0v) is 9.28. The fourth-order valence-corrected chi connectivity index (χ4v) is 3.00. The van der Waals surface area contributed by atoms with Crippen LogP contribution in [0.5, 0.6) is 0 Å². The Kier molecular flexibility index (Phi) is 3.10. The third-order valence-electron chi connectivity index (χ3n) is 3.68. The summed E-state index contributed by atoms with van der Waals surface area (Å²) in [5, 5.41) is 0. The van der Waals surface area contributed by atoms with Gasteiger partial charge in [-0.05, 0) is 39.7 Å². The standard InChI is InChI=1S/C11H22N2O/c1-8-6-11(9(2)14-8)13-5-3-4-10(13)7-12/h8-11H,3-7,12H2,1-2H3. The molecule has 0 aromatic carbocycles. The van der Waals surface area contributed by atoms with Gasteiger partial charge in [-0.2, -0.15) is 0 Å². The van der Waals surface area contributed by atoms with Crippen LogP contribution in [0.25, 0.3) is 0 Å². The molecular formula is C11H22N2O. The highest BCUT2D eigenvalue weighted by Gasteiger charge is 2.38. The molecule has 2 heterocycles. The van der Waals surface area contributed by atoms with E-state index in [1.54, 1.807) is 0 Å². The molecule has 0 aliphatic carbocycles. The lowest BCUT2D eigenvalue weighted by Crippen LogP contribution is -2.45. The summed E-state index contributed by atoms with van der Waals surface area (Å²) < 4.78 is 5.80. The summed E-state index contributed by atoms with van der Waals surface area (Å²) >= 11 is 0. The summed E-state index contributed by atoms with van der Waals surface area (Å²) in [5.74, 6) is 0. The van der Waals surface area contributed by atoms with Gasteiger partial charge in [0.15, 0.2) is 0 Å². The Morgan fingerprint density at radius 1 is 1.43 bits per heavy atom. The van der Waals surface area contributed by atoms with Crippen LogP contribution in [0.2, 0.25) is 0 Å². The first kappa shape index (κ1) is 10.4. The molecule has 0 spiro atoms. The van der Waals surface area contributed by atoms with E-state index in [1.807, 2.05) is 0 Å². The van der Waals surface area contributed by atoms with Crippen LogP contribution in [0.3, 0.4) is 0 Å². The molecule has 0 aromatic rings. The molecule has 0 radical (unpaired) electrons. The molecule has 82 valence electrons. The Hall–Kier alpha value is -0.120. The van der Waals surface area contributed by atoms with Crippen molar-refractivity contribution in [3.05, 3.63) is 0 Å². The van der Waals surface area contributed by atoms with E-state index in [2.05, 4.69) is 18.7 Å². The zero-order chi connectivity index (χ0) is 10.1. The summed E-state index contributed by atoms with van der Waals surface area (Å²) in [5.41, 5.74) is 5.79. The van der Waals surface area contributed by atoms with Crippen molar-refractivity contribution in [2.24, 2.45) is 5.73 Å². The molecule has 3 heteroatoms. The van der Waals surface area contributed by atoms with E-state index in [-0.39, 0.29) is 0 Å². The molecule has 2 fully saturated rings. The zero-order valence-electron chi connectivity index (χ0n) is 9.28. The van der Waals surface area contributed by atoms with Gasteiger partial charge in [0.2, 0.25) is 0 Å². The van der Waals surface area contributed by atoms with Gasteiger partial charge in [0, 0.05) is 18.6 Å². The van der Waals surface area contributed by atoms with E-state index < -0.39 is 0 Å². The number of ether oxygens (including phenoxy) is 1. The van der Waals surface area contributed by atoms with E-state index in [0.29, 0.717) is 24.3 Å². The predicted octanol–water partition coefficient (Wildman–Crippen LogP) is 0.975. The molecule has 4 atom stereocenters. The van der Waals surface area contributed by atoms with Crippen LogP contribution in [-0.4, -0.2) is 42.3 Å². The number of rotatable bonds is 2. The van der Waals surface area contributed by atoms with Crippen LogP contribution in [0.15, 0.2) is 0 Å². The average molecular weight is 198 g/mol. The second-order valence-electron chi connectivity index (χ2n) is 4.72. The van der Waals surface area contributed by atoms with Crippen LogP contribution < -0.4 is 5.73 Å². The van der Waals surface area contributed by atoms with Gasteiger partial charge in [0.1, 0.15) is 0 Å². The first-order valence-electron chi connectivity index (χ1n) is 5.83. The largest absolute Gasteiger partial charge is 0.374 e. The third-order valence-corrected chi connectivity index (χ3v) is 3.68. The molecule has 0 bridgehead atoms. The van der Waals surface area contributed by atoms with Crippen molar-refractivity contribution in [1.29, 1.82) is 0 Å². The van der Waals surface area contributed by atoms with E-state index in [4.69, 9.17) is 10.5 Å². The number of nitrogens with zero attached hydrogens (tertiary/aromatic N) is 1. The van der Waals surface area contributed by atoms with Crippen LogP contribution in [-0.2, 0) is 4.74 Å². The maximum atomic E-state index is 5.80. The molecule has 2 N–H and O–H groups in total. The van der Waals surface area contributed by atoms with Gasteiger partial charge in [-0.25, -0.2) is 0 Å². The van der Waals surface area contributed by atoms with Crippen molar-refractivity contribution in [1.82, 2.24) is 4.90 Å². The van der Waals surface area contributed by atoms with Gasteiger partial charge in [0.25, 0.3) is 0 Å². The first-order chi connectivity index (χ1) is 6.72. The molecule has 4 unspecified atom stereocenters. The summed E-state index contributed by atoms with van der Waals surface area (Å²) in [7, 11) is 0. The van der Waals surface area contributed by atoms with E-state index >= 15 is 0 Å². The molecule has 0 saturated carbocycles. The van der Waals surface area contributed by atoms with Crippen LogP contribution in [0.4, 0.5) is 0 Å². The van der Waals surface area contributed by atoms with Crippen LogP contribution >= 0.6 is 0 Å². The highest BCUT2D eigenvalue weighted by molar-refractivity contribution is 4.92. The molecule has 2 aliphatic heterocycles. The van der Waals surface area contributed by atoms with Crippen molar-refractivity contribution in [2.45, 2.75) is 57.4 Å². The maximum Gasteiger partial charge on any atom is 0.0706 e. The topological polar surface area (TPSA) is 38.5 Å². The van der Waals surface area contributed by atoms with Crippen molar-refractivity contribution >= 4 is 0 Å². The maximum absolute atomic E-state index is 5.80. The monoisotopic (exact) mass is 198 g/mol. The van der Waals surface area contributed by atoms with Crippen molar-refractivity contribution in [3.8, 4) is 0 Å². The number of likely N-dealkylation sites (tertiary alicyclic amines) is 1. The van der Waals surface area contributed by atoms with E-state index in [1.165, 1.54) is 25.8 Å². The molecular weight excluding hydrogens is 176 g/mol. The predicted molar refractivity (Wildman–Crippen MR) is 57.2 cm³/mol. The molecule has 2 aliphatic rings. The van der Waals surface area contributed by atoms with Gasteiger partial charge in [-0.3, -0.25) is 4.90 Å². The van der Waals surface area contributed by atoms with Crippen molar-refractivity contribution in [2.75, 3.05) is 13.1 Å². The summed E-state index contributed by atoms with van der Waals surface area (Å²) in [4.78, 5) is 2.58. The third kappa shape index (κ3) is 1.81. The minimum atomic E-state index is 0.386. The minimum absolute atomic E-state index is 0.386. The van der Waals surface area contributed by atoms with Gasteiger partial charge >= 0.3 is 0 Å². The molecule has 2 rings (SSSR count). The number of nitrogens with two attached hydrogens (primary N) is 1. The SMILES string of the molecule is CC1CC(N2CCCC2CN)C(C)O1. The lowest BCUT2D eigenvalue weighted by Gasteiger charge is -2.31. The van der Waals surface area contributed by atoms with Gasteiger partial charge in [0.05, 0.1) is 12.2 Å². The molecule has 2 saturated heterocycles. The number of hydrogen-bond acceptors (Lipinski definition) is 3. The van der Waals surface area contributed by atoms with E-state index in [0.717, 1.165) is 6.54 Å². The van der Waals surface area contributed by atoms with Gasteiger partial charge in [-0.1, -0.05) is 0 Å². The Morgan fingerprint density at radius 2 is 2.21 bits per heavy atom. The quantitative estimate of drug-likeness (QED) is 0.718. The second kappa shape index (κ2) is 4.17. The highest BCUT2D eigenvalue weighted by atomic mass is 16.5. The fraction of sp³-hybridized carbons (Fsp3) is 1.00. The lowest BCUT2D eigenvalue weighted by molar-refractivity contribution is 0.0387. The Bertz CT molecular complexity index is 198. The van der Waals surface area contributed by atoms with Crippen LogP contribution in [0, 0.1) is 0 Å². The Morgan fingerprint density at radius 3 is 2.79 bits per heavy atom. The smallest absolute Gasteiger partial charge is 0.0706 e. The van der Waals surface area contributed by atoms with Crippen molar-refractivity contribution < 1.29 is 4.74 Å².